The maximum Gasteiger partial charge on any atom is 0.311 e. The van der Waals surface area contributed by atoms with Gasteiger partial charge in [-0.15, -0.1) is 0 Å². The predicted octanol–water partition coefficient (Wildman–Crippen LogP) is 1.72. The van der Waals surface area contributed by atoms with Crippen molar-refractivity contribution in [2.24, 2.45) is 5.92 Å². The molecule has 1 fully saturated rings. The van der Waals surface area contributed by atoms with Crippen molar-refractivity contribution >= 4 is 51.0 Å². The number of nitrogens with one attached hydrogen (secondary N) is 2. The Hall–Kier alpha value is -4.00. The molecule has 13 heteroatoms. The van der Waals surface area contributed by atoms with Gasteiger partial charge in [-0.1, -0.05) is 15.9 Å². The molecule has 1 atom stereocenters. The minimum Gasteiger partial charge on any atom is -0.494 e. The number of carbonyl (C=O) groups is 4. The van der Waals surface area contributed by atoms with Crippen molar-refractivity contribution in [3.8, 4) is 5.75 Å². The van der Waals surface area contributed by atoms with Crippen molar-refractivity contribution in [3.63, 3.8) is 0 Å². The lowest BCUT2D eigenvalue weighted by Gasteiger charge is -2.19. The fourth-order valence-electron chi connectivity index (χ4n) is 3.19. The summed E-state index contributed by atoms with van der Waals surface area (Å²) < 4.78 is 10.9. The average Bonchev–Trinajstić information content (AvgIpc) is 3.22. The first-order chi connectivity index (χ1) is 16.2. The first kappa shape index (κ1) is 24.6. The first-order valence-electron chi connectivity index (χ1n) is 9.83. The number of ether oxygens (including phenoxy) is 2. The number of non-ortho nitro benzene ring substituents is 1. The number of hydrogen-bond donors (Lipinski definition) is 2. The van der Waals surface area contributed by atoms with E-state index in [0.717, 1.165) is 4.47 Å². The maximum atomic E-state index is 12.4. The van der Waals surface area contributed by atoms with Crippen molar-refractivity contribution in [3.05, 3.63) is 62.6 Å². The molecule has 2 aromatic carbocycles. The molecule has 12 nitrogen and oxygen atoms in total. The number of rotatable bonds is 7. The van der Waals surface area contributed by atoms with Gasteiger partial charge in [0.2, 0.25) is 5.91 Å². The zero-order chi connectivity index (χ0) is 24.8. The second kappa shape index (κ2) is 10.7. The van der Waals surface area contributed by atoms with Gasteiger partial charge in [-0.05, 0) is 30.3 Å². The monoisotopic (exact) mass is 534 g/mol. The number of hydrazine groups is 1. The number of amides is 3. The van der Waals surface area contributed by atoms with Crippen LogP contribution in [0.2, 0.25) is 0 Å². The van der Waals surface area contributed by atoms with Crippen LogP contribution in [0.25, 0.3) is 0 Å². The van der Waals surface area contributed by atoms with Crippen molar-refractivity contribution in [1.29, 1.82) is 0 Å². The minimum absolute atomic E-state index is 0.0479. The highest BCUT2D eigenvalue weighted by Crippen LogP contribution is 2.35. The summed E-state index contributed by atoms with van der Waals surface area (Å²) in [5, 5.41) is 11.0. The second-order valence-corrected chi connectivity index (χ2v) is 8.05. The van der Waals surface area contributed by atoms with Crippen LogP contribution in [-0.4, -0.2) is 48.9 Å². The summed E-state index contributed by atoms with van der Waals surface area (Å²) in [5.41, 5.74) is 4.73. The van der Waals surface area contributed by atoms with Crippen molar-refractivity contribution in [1.82, 2.24) is 10.9 Å². The lowest BCUT2D eigenvalue weighted by atomic mass is 10.1. The molecular formula is C21H19BrN4O8. The van der Waals surface area contributed by atoms with Crippen LogP contribution in [0.3, 0.4) is 0 Å². The summed E-state index contributed by atoms with van der Waals surface area (Å²) in [6.45, 7) is -0.710. The normalized spacial score (nSPS) is 14.9. The molecule has 1 heterocycles. The first-order valence-corrected chi connectivity index (χ1v) is 10.6. The molecule has 0 spiro atoms. The van der Waals surface area contributed by atoms with Crippen LogP contribution in [0.5, 0.6) is 5.75 Å². The number of nitro benzene ring substituents is 1. The highest BCUT2D eigenvalue weighted by molar-refractivity contribution is 9.10. The molecule has 0 saturated carbocycles. The Morgan fingerprint density at radius 1 is 1.18 bits per heavy atom. The van der Waals surface area contributed by atoms with E-state index in [9.17, 15) is 29.3 Å². The lowest BCUT2D eigenvalue weighted by Crippen LogP contribution is -2.43. The molecule has 0 aliphatic carbocycles. The Morgan fingerprint density at radius 2 is 1.88 bits per heavy atom. The summed E-state index contributed by atoms with van der Waals surface area (Å²) in [6, 6.07) is 10.2. The quantitative estimate of drug-likeness (QED) is 0.308. The van der Waals surface area contributed by atoms with E-state index in [1.165, 1.54) is 30.2 Å². The third-order valence-electron chi connectivity index (χ3n) is 4.89. The fourth-order valence-corrected chi connectivity index (χ4v) is 3.46. The van der Waals surface area contributed by atoms with Crippen LogP contribution in [0.15, 0.2) is 46.9 Å². The van der Waals surface area contributed by atoms with Gasteiger partial charge < -0.3 is 14.4 Å². The van der Waals surface area contributed by atoms with E-state index >= 15 is 0 Å². The summed E-state index contributed by atoms with van der Waals surface area (Å²) in [6.07, 6.45) is -0.166. The maximum absolute atomic E-state index is 12.4. The molecule has 2 aromatic rings. The third-order valence-corrected chi connectivity index (χ3v) is 5.42. The standard InChI is InChI=1S/C21H19BrN4O8/c1-33-17-9-15(26(31)32)6-7-16(17)25-10-13(8-19(25)28)21(30)34-11-18(27)23-24-20(29)12-2-4-14(22)5-3-12/h2-7,9,13H,8,10-11H2,1H3,(H,23,27)(H,24,29)/t13-/m0/s1. The topological polar surface area (TPSA) is 157 Å². The van der Waals surface area contributed by atoms with Crippen LogP contribution in [-0.2, 0) is 19.1 Å². The van der Waals surface area contributed by atoms with Crippen molar-refractivity contribution in [2.45, 2.75) is 6.42 Å². The number of esters is 1. The van der Waals surface area contributed by atoms with Crippen molar-refractivity contribution < 1.29 is 33.6 Å². The van der Waals surface area contributed by atoms with Gasteiger partial charge in [0.1, 0.15) is 5.75 Å². The van der Waals surface area contributed by atoms with E-state index in [4.69, 9.17) is 9.47 Å². The SMILES string of the molecule is COc1cc([N+](=O)[O-])ccc1N1C[C@@H](C(=O)OCC(=O)NNC(=O)c2ccc(Br)cc2)CC1=O. The Labute approximate surface area is 201 Å². The van der Waals surface area contributed by atoms with E-state index in [-0.39, 0.29) is 30.1 Å². The third kappa shape index (κ3) is 5.86. The molecular weight excluding hydrogens is 516 g/mol. The molecule has 3 rings (SSSR count). The van der Waals surface area contributed by atoms with Gasteiger partial charge in [0.25, 0.3) is 17.5 Å². The zero-order valence-corrected chi connectivity index (χ0v) is 19.4. The molecule has 0 unspecified atom stereocenters. The number of nitro groups is 1. The van der Waals surface area contributed by atoms with Gasteiger partial charge >= 0.3 is 5.97 Å². The second-order valence-electron chi connectivity index (χ2n) is 7.14. The van der Waals surface area contributed by atoms with Crippen LogP contribution in [0.4, 0.5) is 11.4 Å². The molecule has 0 radical (unpaired) electrons. The Morgan fingerprint density at radius 3 is 2.53 bits per heavy atom. The van der Waals surface area contributed by atoms with Gasteiger partial charge in [0.05, 0.1) is 29.7 Å². The Kier molecular flexibility index (Phi) is 7.79. The number of methoxy groups -OCH3 is 1. The van der Waals surface area contributed by atoms with Crippen LogP contribution < -0.4 is 20.5 Å². The van der Waals surface area contributed by atoms with E-state index in [1.807, 2.05) is 0 Å². The average molecular weight is 535 g/mol. The number of carbonyl (C=O) groups excluding carboxylic acids is 4. The number of benzene rings is 2. The fraction of sp³-hybridized carbons (Fsp3) is 0.238. The van der Waals surface area contributed by atoms with Gasteiger partial charge in [-0.2, -0.15) is 0 Å². The molecule has 34 heavy (non-hydrogen) atoms. The number of hydrogen-bond acceptors (Lipinski definition) is 8. The zero-order valence-electron chi connectivity index (χ0n) is 17.8. The Bertz CT molecular complexity index is 1140. The summed E-state index contributed by atoms with van der Waals surface area (Å²) in [7, 11) is 1.31. The molecule has 3 amide bonds. The molecule has 1 saturated heterocycles. The van der Waals surface area contributed by atoms with Crippen LogP contribution in [0.1, 0.15) is 16.8 Å². The number of nitrogens with zero attached hydrogens (tertiary/aromatic N) is 2. The summed E-state index contributed by atoms with van der Waals surface area (Å²) >= 11 is 3.25. The van der Waals surface area contributed by atoms with Crippen LogP contribution in [0, 0.1) is 16.0 Å². The molecule has 1 aliphatic heterocycles. The molecule has 178 valence electrons. The van der Waals surface area contributed by atoms with E-state index in [0.29, 0.717) is 5.56 Å². The minimum atomic E-state index is -0.849. The van der Waals surface area contributed by atoms with Crippen molar-refractivity contribution in [2.75, 3.05) is 25.2 Å². The van der Waals surface area contributed by atoms with Gasteiger partial charge in [-0.25, -0.2) is 0 Å². The van der Waals surface area contributed by atoms with E-state index in [1.54, 1.807) is 24.3 Å². The highest BCUT2D eigenvalue weighted by Gasteiger charge is 2.37. The number of halogens is 1. The smallest absolute Gasteiger partial charge is 0.311 e. The molecule has 0 aromatic heterocycles. The van der Waals surface area contributed by atoms with E-state index in [2.05, 4.69) is 26.8 Å². The largest absolute Gasteiger partial charge is 0.494 e. The number of anilines is 1. The van der Waals surface area contributed by atoms with Crippen LogP contribution >= 0.6 is 15.9 Å². The molecule has 2 N–H and O–H groups in total. The van der Waals surface area contributed by atoms with Gasteiger partial charge in [0.15, 0.2) is 6.61 Å². The summed E-state index contributed by atoms with van der Waals surface area (Å²) in [4.78, 5) is 60.3. The van der Waals surface area contributed by atoms with Gasteiger partial charge in [0, 0.05) is 29.1 Å². The predicted molar refractivity (Wildman–Crippen MR) is 121 cm³/mol. The molecule has 0 bridgehead atoms. The molecule has 1 aliphatic rings. The lowest BCUT2D eigenvalue weighted by molar-refractivity contribution is -0.384. The summed E-state index contributed by atoms with van der Waals surface area (Å²) in [5.74, 6) is -3.24. The van der Waals surface area contributed by atoms with Gasteiger partial charge in [-0.3, -0.25) is 40.1 Å². The Balaban J connectivity index is 1.52. The highest BCUT2D eigenvalue weighted by atomic mass is 79.9. The van der Waals surface area contributed by atoms with E-state index < -0.39 is 41.1 Å².